The summed E-state index contributed by atoms with van der Waals surface area (Å²) in [7, 11) is 0. The third kappa shape index (κ3) is 4.19. The molecule has 106 valence electrons. The van der Waals surface area contributed by atoms with Crippen molar-refractivity contribution in [3.8, 4) is 6.07 Å². The van der Waals surface area contributed by atoms with Crippen LogP contribution in [0.1, 0.15) is 27.8 Å². The molecule has 0 unspecified atom stereocenters. The quantitative estimate of drug-likeness (QED) is 0.805. The van der Waals surface area contributed by atoms with Crippen LogP contribution in [0.25, 0.3) is 0 Å². The molecule has 2 aromatic rings. The van der Waals surface area contributed by atoms with Crippen LogP contribution in [0.3, 0.4) is 0 Å². The predicted molar refractivity (Wildman–Crippen MR) is 80.6 cm³/mol. The monoisotopic (exact) mass is 279 g/mol. The van der Waals surface area contributed by atoms with Crippen LogP contribution in [0.4, 0.5) is 0 Å². The van der Waals surface area contributed by atoms with E-state index in [0.29, 0.717) is 5.56 Å². The first-order valence-electron chi connectivity index (χ1n) is 6.79. The van der Waals surface area contributed by atoms with Gasteiger partial charge in [-0.1, -0.05) is 30.3 Å². The van der Waals surface area contributed by atoms with Gasteiger partial charge in [-0.3, -0.25) is 4.79 Å². The molecule has 0 radical (unpaired) electrons. The Morgan fingerprint density at radius 3 is 2.62 bits per heavy atom. The van der Waals surface area contributed by atoms with Crippen LogP contribution in [0, 0.1) is 25.2 Å². The van der Waals surface area contributed by atoms with Gasteiger partial charge in [0, 0.05) is 0 Å². The Kier molecular flexibility index (Phi) is 4.73. The zero-order chi connectivity index (χ0) is 15.2. The highest BCUT2D eigenvalue weighted by atomic mass is 16.5. The fourth-order valence-electron chi connectivity index (χ4n) is 2.03. The lowest BCUT2D eigenvalue weighted by molar-refractivity contribution is -0.144. The molecule has 2 rings (SSSR count). The van der Waals surface area contributed by atoms with Crippen molar-refractivity contribution >= 4 is 5.97 Å². The van der Waals surface area contributed by atoms with Crippen molar-refractivity contribution in [3.63, 3.8) is 0 Å². The highest BCUT2D eigenvalue weighted by Crippen LogP contribution is 2.11. The van der Waals surface area contributed by atoms with Crippen molar-refractivity contribution in [1.82, 2.24) is 0 Å². The van der Waals surface area contributed by atoms with Gasteiger partial charge in [0.2, 0.25) is 0 Å². The summed E-state index contributed by atoms with van der Waals surface area (Å²) in [5, 5.41) is 8.82. The van der Waals surface area contributed by atoms with Gasteiger partial charge in [-0.2, -0.15) is 5.26 Å². The molecule has 0 aliphatic rings. The number of rotatable bonds is 4. The summed E-state index contributed by atoms with van der Waals surface area (Å²) in [6.07, 6.45) is 0.263. The maximum Gasteiger partial charge on any atom is 0.310 e. The molecule has 0 aliphatic heterocycles. The topological polar surface area (TPSA) is 50.1 Å². The Balaban J connectivity index is 1.92. The number of esters is 1. The maximum absolute atomic E-state index is 11.8. The number of hydrogen-bond acceptors (Lipinski definition) is 3. The number of nitriles is 1. The lowest BCUT2D eigenvalue weighted by Crippen LogP contribution is -2.08. The lowest BCUT2D eigenvalue weighted by Gasteiger charge is -2.07. The molecular formula is C18H17NO2. The Hall–Kier alpha value is -2.60. The summed E-state index contributed by atoms with van der Waals surface area (Å²) >= 11 is 0. The smallest absolute Gasteiger partial charge is 0.310 e. The van der Waals surface area contributed by atoms with Crippen LogP contribution in [0.15, 0.2) is 42.5 Å². The van der Waals surface area contributed by atoms with E-state index in [2.05, 4.69) is 6.07 Å². The Bertz CT molecular complexity index is 699. The number of benzene rings is 2. The van der Waals surface area contributed by atoms with E-state index in [1.54, 1.807) is 18.2 Å². The van der Waals surface area contributed by atoms with Crippen LogP contribution in [0.5, 0.6) is 0 Å². The number of hydrogen-bond donors (Lipinski definition) is 0. The zero-order valence-corrected chi connectivity index (χ0v) is 12.2. The number of ether oxygens (including phenoxy) is 1. The molecule has 0 spiro atoms. The van der Waals surface area contributed by atoms with Gasteiger partial charge >= 0.3 is 5.97 Å². The fourth-order valence-corrected chi connectivity index (χ4v) is 2.03. The average molecular weight is 279 g/mol. The minimum atomic E-state index is -0.263. The van der Waals surface area contributed by atoms with Gasteiger partial charge < -0.3 is 4.74 Å². The Morgan fingerprint density at radius 2 is 1.90 bits per heavy atom. The fraction of sp³-hybridized carbons (Fsp3) is 0.222. The average Bonchev–Trinajstić information content (AvgIpc) is 2.49. The van der Waals surface area contributed by atoms with E-state index in [4.69, 9.17) is 10.00 Å². The second kappa shape index (κ2) is 6.71. The van der Waals surface area contributed by atoms with Crippen molar-refractivity contribution in [3.05, 3.63) is 70.3 Å². The molecule has 2 aromatic carbocycles. The van der Waals surface area contributed by atoms with E-state index < -0.39 is 0 Å². The lowest BCUT2D eigenvalue weighted by atomic mass is 10.0. The Labute approximate surface area is 124 Å². The van der Waals surface area contributed by atoms with Crippen LogP contribution >= 0.6 is 0 Å². The first-order valence-corrected chi connectivity index (χ1v) is 6.79. The minimum Gasteiger partial charge on any atom is -0.461 e. The van der Waals surface area contributed by atoms with E-state index in [1.807, 2.05) is 38.1 Å². The molecular weight excluding hydrogens is 262 g/mol. The van der Waals surface area contributed by atoms with Gasteiger partial charge in [-0.05, 0) is 48.2 Å². The van der Waals surface area contributed by atoms with Crippen LogP contribution in [-0.4, -0.2) is 5.97 Å². The predicted octanol–water partition coefficient (Wildman–Crippen LogP) is 3.46. The van der Waals surface area contributed by atoms with E-state index in [0.717, 1.165) is 11.1 Å². The Morgan fingerprint density at radius 1 is 1.10 bits per heavy atom. The van der Waals surface area contributed by atoms with Crippen molar-refractivity contribution in [2.45, 2.75) is 26.9 Å². The third-order valence-electron chi connectivity index (χ3n) is 3.38. The third-order valence-corrected chi connectivity index (χ3v) is 3.38. The molecule has 3 nitrogen and oxygen atoms in total. The van der Waals surface area contributed by atoms with Gasteiger partial charge in [0.05, 0.1) is 18.1 Å². The number of aryl methyl sites for hydroxylation is 2. The van der Waals surface area contributed by atoms with Crippen LogP contribution in [0.2, 0.25) is 0 Å². The summed E-state index contributed by atoms with van der Waals surface area (Å²) in [5.41, 5.74) is 4.72. The summed E-state index contributed by atoms with van der Waals surface area (Å²) in [5.74, 6) is -0.263. The molecule has 0 heterocycles. The number of carbonyl (C=O) groups is 1. The first kappa shape index (κ1) is 14.8. The van der Waals surface area contributed by atoms with Gasteiger partial charge in [-0.25, -0.2) is 0 Å². The largest absolute Gasteiger partial charge is 0.461 e. The van der Waals surface area contributed by atoms with E-state index in [1.165, 1.54) is 11.1 Å². The van der Waals surface area contributed by atoms with E-state index in [9.17, 15) is 4.79 Å². The molecule has 3 heteroatoms. The van der Waals surface area contributed by atoms with Crippen LogP contribution < -0.4 is 0 Å². The second-order valence-corrected chi connectivity index (χ2v) is 5.07. The molecule has 0 aromatic heterocycles. The summed E-state index contributed by atoms with van der Waals surface area (Å²) in [6.45, 7) is 4.26. The molecule has 0 fully saturated rings. The normalized spacial score (nSPS) is 9.95. The molecule has 0 N–H and O–H groups in total. The molecule has 21 heavy (non-hydrogen) atoms. The number of carbonyl (C=O) groups excluding carboxylic acids is 1. The molecule has 0 saturated carbocycles. The van der Waals surface area contributed by atoms with Crippen molar-refractivity contribution < 1.29 is 9.53 Å². The van der Waals surface area contributed by atoms with Gasteiger partial charge in [0.15, 0.2) is 0 Å². The first-order chi connectivity index (χ1) is 10.1. The standard InChI is InChI=1S/C18H17NO2/c1-13-6-7-15(8-14(13)2)10-18(20)21-12-17-5-3-4-16(9-17)11-19/h3-9H,10,12H2,1-2H3. The van der Waals surface area contributed by atoms with Crippen molar-refractivity contribution in [2.75, 3.05) is 0 Å². The van der Waals surface area contributed by atoms with Crippen molar-refractivity contribution in [2.24, 2.45) is 0 Å². The van der Waals surface area contributed by atoms with E-state index in [-0.39, 0.29) is 19.0 Å². The van der Waals surface area contributed by atoms with Crippen molar-refractivity contribution in [1.29, 1.82) is 5.26 Å². The zero-order valence-electron chi connectivity index (χ0n) is 12.2. The highest BCUT2D eigenvalue weighted by molar-refractivity contribution is 5.72. The summed E-state index contributed by atoms with van der Waals surface area (Å²) in [6, 6.07) is 15.1. The summed E-state index contributed by atoms with van der Waals surface area (Å²) < 4.78 is 5.25. The summed E-state index contributed by atoms with van der Waals surface area (Å²) in [4.78, 5) is 11.8. The second-order valence-electron chi connectivity index (χ2n) is 5.07. The molecule has 0 atom stereocenters. The number of nitrogens with zero attached hydrogens (tertiary/aromatic N) is 1. The highest BCUT2D eigenvalue weighted by Gasteiger charge is 2.06. The minimum absolute atomic E-state index is 0.194. The van der Waals surface area contributed by atoms with Gasteiger partial charge in [0.1, 0.15) is 6.61 Å². The molecule has 0 bridgehead atoms. The van der Waals surface area contributed by atoms with Crippen LogP contribution in [-0.2, 0) is 22.6 Å². The molecule has 0 saturated heterocycles. The molecule has 0 amide bonds. The SMILES string of the molecule is Cc1ccc(CC(=O)OCc2cccc(C#N)c2)cc1C. The molecule has 0 aliphatic carbocycles. The maximum atomic E-state index is 11.8. The van der Waals surface area contributed by atoms with E-state index >= 15 is 0 Å². The van der Waals surface area contributed by atoms with Gasteiger partial charge in [-0.15, -0.1) is 0 Å². The van der Waals surface area contributed by atoms with Gasteiger partial charge in [0.25, 0.3) is 0 Å².